The van der Waals surface area contributed by atoms with Crippen LogP contribution in [-0.4, -0.2) is 15.7 Å². The van der Waals surface area contributed by atoms with E-state index in [-0.39, 0.29) is 12.1 Å². The lowest BCUT2D eigenvalue weighted by atomic mass is 10.0. The summed E-state index contributed by atoms with van der Waals surface area (Å²) in [4.78, 5) is 1.04. The van der Waals surface area contributed by atoms with Crippen molar-refractivity contribution in [3.8, 4) is 5.75 Å². The number of nitrogens with zero attached hydrogens (tertiary/aromatic N) is 2. The van der Waals surface area contributed by atoms with E-state index in [0.29, 0.717) is 5.92 Å². The van der Waals surface area contributed by atoms with Crippen molar-refractivity contribution < 1.29 is 4.74 Å². The van der Waals surface area contributed by atoms with Crippen LogP contribution in [0.15, 0.2) is 24.3 Å². The van der Waals surface area contributed by atoms with Crippen LogP contribution in [0.5, 0.6) is 5.75 Å². The Morgan fingerprint density at radius 2 is 1.75 bits per heavy atom. The molecule has 1 heterocycles. The molecule has 0 amide bonds. The van der Waals surface area contributed by atoms with Crippen molar-refractivity contribution in [1.29, 1.82) is 0 Å². The molecule has 2 aromatic rings. The summed E-state index contributed by atoms with van der Waals surface area (Å²) < 4.78 is 9.67. The topological polar surface area (TPSA) is 61.0 Å². The molecule has 1 unspecified atom stereocenters. The van der Waals surface area contributed by atoms with E-state index in [2.05, 4.69) is 23.4 Å². The van der Waals surface area contributed by atoms with Crippen LogP contribution in [0.2, 0.25) is 0 Å². The van der Waals surface area contributed by atoms with Crippen LogP contribution in [0.1, 0.15) is 55.8 Å². The van der Waals surface area contributed by atoms with E-state index in [4.69, 9.17) is 10.5 Å². The van der Waals surface area contributed by atoms with Crippen LogP contribution in [0, 0.1) is 0 Å². The summed E-state index contributed by atoms with van der Waals surface area (Å²) in [5.74, 6) is 1.20. The largest absolute Gasteiger partial charge is 0.491 e. The minimum absolute atomic E-state index is 0.174. The molecule has 2 rings (SSSR count). The van der Waals surface area contributed by atoms with E-state index >= 15 is 0 Å². The number of rotatable bonds is 5. The number of hydrogen-bond acceptors (Lipinski definition) is 5. The Labute approximate surface area is 124 Å². The zero-order valence-corrected chi connectivity index (χ0v) is 13.1. The van der Waals surface area contributed by atoms with Crippen LogP contribution < -0.4 is 10.5 Å². The third-order valence-corrected chi connectivity index (χ3v) is 3.80. The van der Waals surface area contributed by atoms with Gasteiger partial charge in [-0.2, -0.15) is 0 Å². The molecule has 0 fully saturated rings. The molecule has 4 nitrogen and oxygen atoms in total. The van der Waals surface area contributed by atoms with Gasteiger partial charge in [-0.15, -0.1) is 5.10 Å². The number of hydrogen-bond donors (Lipinski definition) is 1. The Kier molecular flexibility index (Phi) is 4.73. The SMILES string of the molecule is CC(C)Oc1ccc(C(N)c2snnc2C(C)C)cc1. The zero-order chi connectivity index (χ0) is 14.7. The fourth-order valence-corrected chi connectivity index (χ4v) is 2.83. The van der Waals surface area contributed by atoms with Crippen molar-refractivity contribution >= 4 is 11.5 Å². The minimum Gasteiger partial charge on any atom is -0.491 e. The van der Waals surface area contributed by atoms with Crippen LogP contribution in [0.3, 0.4) is 0 Å². The average molecular weight is 291 g/mol. The van der Waals surface area contributed by atoms with Gasteiger partial charge in [0, 0.05) is 0 Å². The minimum atomic E-state index is -0.180. The Hall–Kier alpha value is -1.46. The van der Waals surface area contributed by atoms with E-state index in [1.54, 1.807) is 0 Å². The Balaban J connectivity index is 2.20. The maximum absolute atomic E-state index is 6.34. The zero-order valence-electron chi connectivity index (χ0n) is 12.3. The molecule has 5 heteroatoms. The maximum Gasteiger partial charge on any atom is 0.119 e. The standard InChI is InChI=1S/C15H21N3OS/c1-9(2)14-15(20-18-17-14)13(16)11-5-7-12(8-6-11)19-10(3)4/h5-10,13H,16H2,1-4H3. The van der Waals surface area contributed by atoms with Gasteiger partial charge in [0.05, 0.1) is 22.7 Å². The van der Waals surface area contributed by atoms with E-state index in [1.807, 2.05) is 38.1 Å². The van der Waals surface area contributed by atoms with Gasteiger partial charge >= 0.3 is 0 Å². The van der Waals surface area contributed by atoms with Gasteiger partial charge in [0.25, 0.3) is 0 Å². The summed E-state index contributed by atoms with van der Waals surface area (Å²) in [6, 6.07) is 7.75. The van der Waals surface area contributed by atoms with E-state index in [9.17, 15) is 0 Å². The molecular weight excluding hydrogens is 270 g/mol. The van der Waals surface area contributed by atoms with E-state index < -0.39 is 0 Å². The Morgan fingerprint density at radius 1 is 1.10 bits per heavy atom. The lowest BCUT2D eigenvalue weighted by molar-refractivity contribution is 0.242. The molecule has 0 bridgehead atoms. The van der Waals surface area contributed by atoms with Crippen LogP contribution in [-0.2, 0) is 0 Å². The highest BCUT2D eigenvalue weighted by atomic mass is 32.1. The highest BCUT2D eigenvalue weighted by molar-refractivity contribution is 7.05. The highest BCUT2D eigenvalue weighted by Gasteiger charge is 2.19. The van der Waals surface area contributed by atoms with E-state index in [0.717, 1.165) is 21.9 Å². The van der Waals surface area contributed by atoms with Gasteiger partial charge in [-0.05, 0) is 49.0 Å². The lowest BCUT2D eigenvalue weighted by Gasteiger charge is -2.14. The maximum atomic E-state index is 6.34. The molecule has 108 valence electrons. The number of aromatic nitrogens is 2. The fraction of sp³-hybridized carbons (Fsp3) is 0.467. The second-order valence-corrected chi connectivity index (χ2v) is 6.18. The first-order valence-corrected chi connectivity index (χ1v) is 7.60. The summed E-state index contributed by atoms with van der Waals surface area (Å²) in [7, 11) is 0. The molecule has 0 spiro atoms. The summed E-state index contributed by atoms with van der Waals surface area (Å²) in [5, 5.41) is 4.18. The molecule has 0 saturated carbocycles. The van der Waals surface area contributed by atoms with Gasteiger partial charge in [-0.25, -0.2) is 0 Å². The average Bonchev–Trinajstić information content (AvgIpc) is 2.87. The second-order valence-electron chi connectivity index (χ2n) is 5.39. The molecule has 0 aliphatic carbocycles. The van der Waals surface area contributed by atoms with Crippen LogP contribution >= 0.6 is 11.5 Å². The van der Waals surface area contributed by atoms with E-state index in [1.165, 1.54) is 11.5 Å². The number of nitrogens with two attached hydrogens (primary N) is 1. The van der Waals surface area contributed by atoms with Gasteiger partial charge < -0.3 is 10.5 Å². The van der Waals surface area contributed by atoms with Gasteiger partial charge in [-0.3, -0.25) is 0 Å². The Morgan fingerprint density at radius 3 is 2.30 bits per heavy atom. The molecule has 20 heavy (non-hydrogen) atoms. The van der Waals surface area contributed by atoms with Crippen LogP contribution in [0.25, 0.3) is 0 Å². The van der Waals surface area contributed by atoms with Crippen LogP contribution in [0.4, 0.5) is 0 Å². The van der Waals surface area contributed by atoms with Crippen molar-refractivity contribution in [2.45, 2.75) is 45.8 Å². The van der Waals surface area contributed by atoms with Crippen molar-refractivity contribution in [2.75, 3.05) is 0 Å². The van der Waals surface area contributed by atoms with Gasteiger partial charge in [0.1, 0.15) is 5.75 Å². The summed E-state index contributed by atoms with van der Waals surface area (Å²) in [6.07, 6.45) is 0.174. The molecule has 1 aromatic heterocycles. The summed E-state index contributed by atoms with van der Waals surface area (Å²) in [6.45, 7) is 8.23. The molecule has 0 aliphatic rings. The van der Waals surface area contributed by atoms with Crippen molar-refractivity contribution in [3.05, 3.63) is 40.4 Å². The number of ether oxygens (including phenoxy) is 1. The molecule has 0 aliphatic heterocycles. The fourth-order valence-electron chi connectivity index (χ4n) is 2.00. The second kappa shape index (κ2) is 6.33. The predicted octanol–water partition coefficient (Wildman–Crippen LogP) is 3.50. The normalized spacial score (nSPS) is 12.9. The summed E-state index contributed by atoms with van der Waals surface area (Å²) in [5.41, 5.74) is 8.38. The van der Waals surface area contributed by atoms with Gasteiger partial charge in [0.2, 0.25) is 0 Å². The lowest BCUT2D eigenvalue weighted by Crippen LogP contribution is -2.13. The predicted molar refractivity (Wildman–Crippen MR) is 82.2 cm³/mol. The third kappa shape index (κ3) is 3.35. The van der Waals surface area contributed by atoms with Crippen molar-refractivity contribution in [3.63, 3.8) is 0 Å². The molecule has 1 atom stereocenters. The van der Waals surface area contributed by atoms with Crippen molar-refractivity contribution in [2.24, 2.45) is 5.73 Å². The third-order valence-electron chi connectivity index (χ3n) is 2.98. The number of benzene rings is 1. The molecule has 0 radical (unpaired) electrons. The monoisotopic (exact) mass is 291 g/mol. The molecule has 1 aromatic carbocycles. The smallest absolute Gasteiger partial charge is 0.119 e. The molecule has 2 N–H and O–H groups in total. The first-order valence-electron chi connectivity index (χ1n) is 6.83. The molecular formula is C15H21N3OS. The highest BCUT2D eigenvalue weighted by Crippen LogP contribution is 2.29. The van der Waals surface area contributed by atoms with Gasteiger partial charge in [0.15, 0.2) is 0 Å². The first kappa shape index (κ1) is 14.9. The molecule has 0 saturated heterocycles. The first-order chi connectivity index (χ1) is 9.49. The van der Waals surface area contributed by atoms with Crippen molar-refractivity contribution in [1.82, 2.24) is 9.59 Å². The Bertz CT molecular complexity index is 549. The quantitative estimate of drug-likeness (QED) is 0.916. The summed E-state index contributed by atoms with van der Waals surface area (Å²) >= 11 is 1.38. The van der Waals surface area contributed by atoms with Gasteiger partial charge in [-0.1, -0.05) is 30.5 Å².